The Morgan fingerprint density at radius 1 is 0.978 bits per heavy atom. The van der Waals surface area contributed by atoms with Gasteiger partial charge in [0.25, 0.3) is 5.91 Å². The van der Waals surface area contributed by atoms with Gasteiger partial charge >= 0.3 is 0 Å². The lowest BCUT2D eigenvalue weighted by Crippen LogP contribution is -2.28. The van der Waals surface area contributed by atoms with Gasteiger partial charge in [-0.05, 0) is 98.6 Å². The molecular weight excluding hydrogens is 556 g/mol. The molecule has 0 saturated heterocycles. The predicted molar refractivity (Wildman–Crippen MR) is 187 cm³/mol. The van der Waals surface area contributed by atoms with E-state index >= 15 is 0 Å². The molecule has 3 aromatic rings. The van der Waals surface area contributed by atoms with Crippen LogP contribution in [0.5, 0.6) is 0 Å². The number of hydrogen-bond acceptors (Lipinski definition) is 5. The molecule has 0 heterocycles. The Bertz CT molecular complexity index is 1650. The highest BCUT2D eigenvalue weighted by Gasteiger charge is 2.38. The number of unbranched alkanes of at least 4 members (excludes halogenated alkanes) is 2. The van der Waals surface area contributed by atoms with Crippen molar-refractivity contribution < 1.29 is 9.59 Å². The lowest BCUT2D eigenvalue weighted by molar-refractivity contribution is 0.0795. The first-order valence-electron chi connectivity index (χ1n) is 16.8. The second kappa shape index (κ2) is 14.4. The summed E-state index contributed by atoms with van der Waals surface area (Å²) in [6.07, 6.45) is 10.0. The van der Waals surface area contributed by atoms with Crippen molar-refractivity contribution in [3.05, 3.63) is 76.4 Å². The molecule has 2 aliphatic carbocycles. The van der Waals surface area contributed by atoms with Crippen molar-refractivity contribution in [3.63, 3.8) is 0 Å². The first-order valence-corrected chi connectivity index (χ1v) is 16.8. The van der Waals surface area contributed by atoms with Crippen LogP contribution in [0.2, 0.25) is 0 Å². The highest BCUT2D eigenvalue weighted by molar-refractivity contribution is 6.18. The summed E-state index contributed by atoms with van der Waals surface area (Å²) in [6, 6.07) is 15.7. The molecule has 0 aromatic heterocycles. The van der Waals surface area contributed by atoms with Gasteiger partial charge in [0.05, 0.1) is 5.71 Å². The van der Waals surface area contributed by atoms with Crippen molar-refractivity contribution in [1.29, 1.82) is 10.8 Å². The minimum atomic E-state index is -0.0813. The van der Waals surface area contributed by atoms with Crippen molar-refractivity contribution in [2.75, 3.05) is 25.5 Å². The van der Waals surface area contributed by atoms with E-state index in [0.717, 1.165) is 115 Å². The normalized spacial score (nSPS) is 19.3. The summed E-state index contributed by atoms with van der Waals surface area (Å²) in [7, 11) is 1.83. The monoisotopic (exact) mass is 604 g/mol. The number of rotatable bonds is 13. The minimum Gasteiger partial charge on any atom is -0.384 e. The number of carbonyl (C=O) groups is 2. The van der Waals surface area contributed by atoms with Crippen LogP contribution in [-0.2, 0) is 0 Å². The van der Waals surface area contributed by atoms with E-state index in [-0.39, 0.29) is 5.91 Å². The summed E-state index contributed by atoms with van der Waals surface area (Å²) < 4.78 is 0. The van der Waals surface area contributed by atoms with Gasteiger partial charge in [0, 0.05) is 64.6 Å². The molecule has 2 unspecified atom stereocenters. The van der Waals surface area contributed by atoms with Gasteiger partial charge in [0.2, 0.25) is 0 Å². The van der Waals surface area contributed by atoms with E-state index in [2.05, 4.69) is 25.2 Å². The van der Waals surface area contributed by atoms with E-state index in [4.69, 9.17) is 5.41 Å². The summed E-state index contributed by atoms with van der Waals surface area (Å²) in [5.74, 6) is 1.48. The topological polar surface area (TPSA) is 97.1 Å². The highest BCUT2D eigenvalue weighted by Crippen LogP contribution is 2.48. The summed E-state index contributed by atoms with van der Waals surface area (Å²) in [5, 5.41) is 23.1. The number of amides is 1. The number of benzene rings is 3. The van der Waals surface area contributed by atoms with Crippen molar-refractivity contribution in [3.8, 4) is 11.1 Å². The van der Waals surface area contributed by atoms with Crippen LogP contribution in [0.3, 0.4) is 0 Å². The van der Waals surface area contributed by atoms with Crippen LogP contribution in [-0.4, -0.2) is 48.7 Å². The van der Waals surface area contributed by atoms with Crippen molar-refractivity contribution in [2.45, 2.75) is 78.6 Å². The van der Waals surface area contributed by atoms with Gasteiger partial charge in [-0.15, -0.1) is 0 Å². The Morgan fingerprint density at radius 3 is 2.38 bits per heavy atom. The first kappa shape index (κ1) is 32.3. The van der Waals surface area contributed by atoms with E-state index in [1.807, 2.05) is 56.4 Å². The summed E-state index contributed by atoms with van der Waals surface area (Å²) in [4.78, 5) is 28.0. The molecule has 0 aliphatic heterocycles. The van der Waals surface area contributed by atoms with Crippen LogP contribution in [0, 0.1) is 22.7 Å². The molecule has 2 aliphatic rings. The number of carbonyl (C=O) groups excluding carboxylic acids is 2. The molecule has 236 valence electrons. The molecule has 0 bridgehead atoms. The molecule has 45 heavy (non-hydrogen) atoms. The smallest absolute Gasteiger partial charge is 0.254 e. The summed E-state index contributed by atoms with van der Waals surface area (Å²) in [5.41, 5.74) is 7.66. The third-order valence-electron chi connectivity index (χ3n) is 9.76. The van der Waals surface area contributed by atoms with Crippen LogP contribution in [0.25, 0.3) is 21.9 Å². The molecule has 1 saturated carbocycles. The van der Waals surface area contributed by atoms with Crippen molar-refractivity contribution in [1.82, 2.24) is 4.90 Å². The van der Waals surface area contributed by atoms with Crippen LogP contribution in [0.15, 0.2) is 59.7 Å². The lowest BCUT2D eigenvalue weighted by atomic mass is 9.85. The molecule has 3 N–H and O–H groups in total. The second-order valence-corrected chi connectivity index (χ2v) is 13.0. The SMILES string of the molecule is CCCCNc1c(-c2cccc(C(=N)/C3=C(\C(C)=N)CCC4CC4CC3)c2)cc(C=O)c2c(C(=O)N(C)CCCC)cccc12. The van der Waals surface area contributed by atoms with Gasteiger partial charge in [0.1, 0.15) is 0 Å². The fourth-order valence-electron chi connectivity index (χ4n) is 6.98. The molecule has 3 aromatic carbocycles. The molecule has 0 radical (unpaired) electrons. The summed E-state index contributed by atoms with van der Waals surface area (Å²) in [6.45, 7) is 7.55. The molecule has 2 atom stereocenters. The average Bonchev–Trinajstić information content (AvgIpc) is 3.79. The van der Waals surface area contributed by atoms with Gasteiger partial charge in [-0.25, -0.2) is 0 Å². The number of anilines is 1. The van der Waals surface area contributed by atoms with E-state index in [9.17, 15) is 15.0 Å². The van der Waals surface area contributed by atoms with Gasteiger partial charge in [-0.2, -0.15) is 0 Å². The first-order chi connectivity index (χ1) is 21.8. The van der Waals surface area contributed by atoms with Gasteiger partial charge in [0.15, 0.2) is 6.29 Å². The third-order valence-corrected chi connectivity index (χ3v) is 9.76. The minimum absolute atomic E-state index is 0.0813. The largest absolute Gasteiger partial charge is 0.384 e. The standard InChI is InChI=1S/C39H48N4O2/c1-5-7-19-42-38-33-13-10-14-34(39(45)43(4)20-8-6-2)36(33)30(24-44)23-35(38)28-11-9-12-29(22-28)37(41)32-18-16-27-21-26(27)15-17-31(32)25(3)40/h9-14,22-24,26-27,40-42H,5-8,15-21H2,1-4H3/b32-31-,40-25?,41-37?. The van der Waals surface area contributed by atoms with Crippen LogP contribution in [0.4, 0.5) is 5.69 Å². The highest BCUT2D eigenvalue weighted by atomic mass is 16.2. The Kier molecular flexibility index (Phi) is 10.3. The molecule has 1 fully saturated rings. The number of nitrogens with one attached hydrogen (secondary N) is 3. The lowest BCUT2D eigenvalue weighted by Gasteiger charge is -2.22. The van der Waals surface area contributed by atoms with Crippen LogP contribution >= 0.6 is 0 Å². The average molecular weight is 605 g/mol. The van der Waals surface area contributed by atoms with Gasteiger partial charge in [-0.1, -0.05) is 57.0 Å². The second-order valence-electron chi connectivity index (χ2n) is 13.0. The van der Waals surface area contributed by atoms with Gasteiger partial charge < -0.3 is 15.6 Å². The van der Waals surface area contributed by atoms with E-state index in [0.29, 0.717) is 34.5 Å². The van der Waals surface area contributed by atoms with Crippen molar-refractivity contribution >= 4 is 40.1 Å². The molecule has 5 rings (SSSR count). The maximum Gasteiger partial charge on any atom is 0.254 e. The molecular formula is C39H48N4O2. The molecule has 6 heteroatoms. The number of allylic oxidation sites excluding steroid dienone is 2. The number of aldehydes is 1. The van der Waals surface area contributed by atoms with Crippen molar-refractivity contribution in [2.24, 2.45) is 11.8 Å². The summed E-state index contributed by atoms with van der Waals surface area (Å²) >= 11 is 0. The van der Waals surface area contributed by atoms with Crippen LogP contribution in [0.1, 0.15) is 105 Å². The van der Waals surface area contributed by atoms with E-state index in [1.165, 1.54) is 6.42 Å². The Hall–Kier alpha value is -4.06. The number of hydrogen-bond donors (Lipinski definition) is 3. The van der Waals surface area contributed by atoms with E-state index < -0.39 is 0 Å². The maximum absolute atomic E-state index is 13.6. The van der Waals surface area contributed by atoms with E-state index in [1.54, 1.807) is 4.90 Å². The quantitative estimate of drug-likeness (QED) is 0.103. The number of nitrogens with zero attached hydrogens (tertiary/aromatic N) is 1. The zero-order chi connectivity index (χ0) is 32.1. The predicted octanol–water partition coefficient (Wildman–Crippen LogP) is 9.32. The fraction of sp³-hybridized carbons (Fsp3) is 0.436. The zero-order valence-electron chi connectivity index (χ0n) is 27.4. The number of fused-ring (bicyclic) bond motifs is 2. The molecule has 1 amide bonds. The zero-order valence-corrected chi connectivity index (χ0v) is 27.4. The van der Waals surface area contributed by atoms with Crippen LogP contribution < -0.4 is 5.32 Å². The molecule has 0 spiro atoms. The fourth-order valence-corrected chi connectivity index (χ4v) is 6.98. The third kappa shape index (κ3) is 6.95. The Labute approximate surface area is 268 Å². The Morgan fingerprint density at radius 2 is 1.69 bits per heavy atom. The van der Waals surface area contributed by atoms with Gasteiger partial charge in [-0.3, -0.25) is 15.0 Å². The molecule has 6 nitrogen and oxygen atoms in total. The maximum atomic E-state index is 13.6. The Balaban J connectivity index is 1.62.